The number of aliphatic hydroxyl groups excluding tert-OH is 1. The molecule has 0 bridgehead atoms. The van der Waals surface area contributed by atoms with Crippen LogP contribution in [0.15, 0.2) is 30.3 Å². The molecule has 26 heavy (non-hydrogen) atoms. The standard InChI is InChI=1S/C20H26N4O2/c21-10-4-12-24(13-5-11-22)19(25)16-23-14-8-18(9-15-23)20(26)17-6-2-1-3-7-17/h1-3,6-7,18,20,26H,4-5,8-9,12-16H2. The maximum Gasteiger partial charge on any atom is 0.236 e. The fourth-order valence-corrected chi connectivity index (χ4v) is 3.37. The number of benzene rings is 1. The minimum Gasteiger partial charge on any atom is -0.388 e. The predicted molar refractivity (Wildman–Crippen MR) is 97.6 cm³/mol. The van der Waals surface area contributed by atoms with Gasteiger partial charge in [-0.05, 0) is 37.4 Å². The van der Waals surface area contributed by atoms with E-state index in [2.05, 4.69) is 4.90 Å². The van der Waals surface area contributed by atoms with Crippen LogP contribution in [-0.2, 0) is 4.79 Å². The number of amides is 1. The zero-order valence-electron chi connectivity index (χ0n) is 15.0. The van der Waals surface area contributed by atoms with Crippen LogP contribution in [0.25, 0.3) is 0 Å². The fraction of sp³-hybridized carbons (Fsp3) is 0.550. The lowest BCUT2D eigenvalue weighted by Crippen LogP contribution is -2.44. The highest BCUT2D eigenvalue weighted by atomic mass is 16.3. The Morgan fingerprint density at radius 2 is 1.73 bits per heavy atom. The normalized spacial score (nSPS) is 16.4. The Morgan fingerprint density at radius 1 is 1.15 bits per heavy atom. The van der Waals surface area contributed by atoms with Gasteiger partial charge in [0.2, 0.25) is 5.91 Å². The zero-order chi connectivity index (χ0) is 18.8. The lowest BCUT2D eigenvalue weighted by molar-refractivity contribution is -0.132. The van der Waals surface area contributed by atoms with Gasteiger partial charge in [-0.25, -0.2) is 0 Å². The topological polar surface area (TPSA) is 91.4 Å². The molecule has 0 aliphatic carbocycles. The Hall–Kier alpha value is -2.41. The minimum absolute atomic E-state index is 0.0300. The summed E-state index contributed by atoms with van der Waals surface area (Å²) in [4.78, 5) is 16.2. The smallest absolute Gasteiger partial charge is 0.236 e. The molecule has 0 radical (unpaired) electrons. The van der Waals surface area contributed by atoms with Crippen molar-refractivity contribution >= 4 is 5.91 Å². The number of hydrogen-bond acceptors (Lipinski definition) is 5. The molecule has 138 valence electrons. The third-order valence-corrected chi connectivity index (χ3v) is 4.92. The molecule has 0 spiro atoms. The van der Waals surface area contributed by atoms with Gasteiger partial charge in [-0.2, -0.15) is 10.5 Å². The van der Waals surface area contributed by atoms with Crippen molar-refractivity contribution < 1.29 is 9.90 Å². The van der Waals surface area contributed by atoms with Crippen molar-refractivity contribution in [2.45, 2.75) is 31.8 Å². The molecule has 1 fully saturated rings. The highest BCUT2D eigenvalue weighted by molar-refractivity contribution is 5.78. The van der Waals surface area contributed by atoms with Crippen molar-refractivity contribution in [3.63, 3.8) is 0 Å². The van der Waals surface area contributed by atoms with Crippen LogP contribution in [0.5, 0.6) is 0 Å². The molecule has 6 nitrogen and oxygen atoms in total. The quantitative estimate of drug-likeness (QED) is 0.772. The second-order valence-electron chi connectivity index (χ2n) is 6.67. The minimum atomic E-state index is -0.461. The first kappa shape index (κ1) is 19.9. The van der Waals surface area contributed by atoms with Crippen molar-refractivity contribution in [1.82, 2.24) is 9.80 Å². The van der Waals surface area contributed by atoms with E-state index in [1.54, 1.807) is 4.90 Å². The van der Waals surface area contributed by atoms with Gasteiger partial charge in [0.05, 0.1) is 37.6 Å². The molecule has 1 saturated heterocycles. The van der Waals surface area contributed by atoms with Gasteiger partial charge in [0.25, 0.3) is 0 Å². The first-order valence-corrected chi connectivity index (χ1v) is 9.12. The second kappa shape index (κ2) is 10.6. The maximum absolute atomic E-state index is 12.5. The van der Waals surface area contributed by atoms with Gasteiger partial charge in [0.1, 0.15) is 0 Å². The molecule has 0 saturated carbocycles. The molecular formula is C20H26N4O2. The van der Waals surface area contributed by atoms with E-state index in [4.69, 9.17) is 10.5 Å². The monoisotopic (exact) mass is 354 g/mol. The van der Waals surface area contributed by atoms with Crippen LogP contribution < -0.4 is 0 Å². The number of rotatable bonds is 8. The summed E-state index contributed by atoms with van der Waals surface area (Å²) in [6.07, 6.45) is 1.79. The molecule has 2 rings (SSSR count). The molecule has 1 aromatic carbocycles. The molecule has 1 amide bonds. The van der Waals surface area contributed by atoms with Crippen LogP contribution >= 0.6 is 0 Å². The zero-order valence-corrected chi connectivity index (χ0v) is 15.0. The van der Waals surface area contributed by atoms with Crippen LogP contribution in [0.1, 0.15) is 37.4 Å². The molecule has 1 atom stereocenters. The van der Waals surface area contributed by atoms with E-state index in [1.807, 2.05) is 42.5 Å². The Labute approximate surface area is 155 Å². The molecular weight excluding hydrogens is 328 g/mol. The molecule has 1 aliphatic rings. The van der Waals surface area contributed by atoms with Crippen molar-refractivity contribution in [2.24, 2.45) is 5.92 Å². The Bertz CT molecular complexity index is 624. The van der Waals surface area contributed by atoms with Gasteiger partial charge in [0.15, 0.2) is 0 Å². The van der Waals surface area contributed by atoms with Crippen LogP contribution in [0, 0.1) is 28.6 Å². The maximum atomic E-state index is 12.5. The molecule has 1 unspecified atom stereocenters. The molecule has 1 aliphatic heterocycles. The lowest BCUT2D eigenvalue weighted by atomic mass is 9.87. The van der Waals surface area contributed by atoms with E-state index < -0.39 is 6.10 Å². The van der Waals surface area contributed by atoms with Gasteiger partial charge >= 0.3 is 0 Å². The predicted octanol–water partition coefficient (Wildman–Crippen LogP) is 2.09. The summed E-state index contributed by atoms with van der Waals surface area (Å²) in [5.74, 6) is 0.176. The molecule has 1 heterocycles. The summed E-state index contributed by atoms with van der Waals surface area (Å²) in [6, 6.07) is 13.8. The van der Waals surface area contributed by atoms with Gasteiger partial charge in [-0.15, -0.1) is 0 Å². The van der Waals surface area contributed by atoms with E-state index in [0.29, 0.717) is 19.6 Å². The van der Waals surface area contributed by atoms with Crippen molar-refractivity contribution in [3.8, 4) is 12.1 Å². The van der Waals surface area contributed by atoms with Crippen LogP contribution in [0.3, 0.4) is 0 Å². The number of likely N-dealkylation sites (tertiary alicyclic amines) is 1. The SMILES string of the molecule is N#CCCN(CCC#N)C(=O)CN1CCC(C(O)c2ccccc2)CC1. The summed E-state index contributed by atoms with van der Waals surface area (Å²) in [7, 11) is 0. The van der Waals surface area contributed by atoms with Crippen molar-refractivity contribution in [3.05, 3.63) is 35.9 Å². The van der Waals surface area contributed by atoms with E-state index in [-0.39, 0.29) is 24.7 Å². The van der Waals surface area contributed by atoms with Crippen molar-refractivity contribution in [1.29, 1.82) is 10.5 Å². The summed E-state index contributed by atoms with van der Waals surface area (Å²) in [6.45, 7) is 2.60. The lowest BCUT2D eigenvalue weighted by Gasteiger charge is -2.35. The van der Waals surface area contributed by atoms with E-state index >= 15 is 0 Å². The Balaban J connectivity index is 1.82. The van der Waals surface area contributed by atoms with E-state index in [1.165, 1.54) is 0 Å². The Kier molecular flexibility index (Phi) is 8.08. The fourth-order valence-electron chi connectivity index (χ4n) is 3.37. The van der Waals surface area contributed by atoms with Crippen LogP contribution in [0.2, 0.25) is 0 Å². The number of piperidine rings is 1. The van der Waals surface area contributed by atoms with Crippen LogP contribution in [0.4, 0.5) is 0 Å². The second-order valence-corrected chi connectivity index (χ2v) is 6.67. The molecule has 6 heteroatoms. The van der Waals surface area contributed by atoms with Gasteiger partial charge in [0, 0.05) is 13.1 Å². The first-order valence-electron chi connectivity index (χ1n) is 9.12. The summed E-state index contributed by atoms with van der Waals surface area (Å²) < 4.78 is 0. The average molecular weight is 354 g/mol. The average Bonchev–Trinajstić information content (AvgIpc) is 2.68. The van der Waals surface area contributed by atoms with Gasteiger partial charge in [-0.1, -0.05) is 30.3 Å². The van der Waals surface area contributed by atoms with Gasteiger partial charge < -0.3 is 10.0 Å². The number of carbonyl (C=O) groups is 1. The molecule has 0 aromatic heterocycles. The number of aliphatic hydroxyl groups is 1. The molecule has 1 aromatic rings. The number of carbonyl (C=O) groups excluding carboxylic acids is 1. The number of hydrogen-bond donors (Lipinski definition) is 1. The van der Waals surface area contributed by atoms with E-state index in [9.17, 15) is 9.90 Å². The highest BCUT2D eigenvalue weighted by Gasteiger charge is 2.27. The number of nitriles is 2. The summed E-state index contributed by atoms with van der Waals surface area (Å²) in [5, 5.41) is 28.0. The Morgan fingerprint density at radius 3 is 2.27 bits per heavy atom. The molecule has 1 N–H and O–H groups in total. The van der Waals surface area contributed by atoms with Crippen molar-refractivity contribution in [2.75, 3.05) is 32.7 Å². The third kappa shape index (κ3) is 5.84. The summed E-state index contributed by atoms with van der Waals surface area (Å²) in [5.41, 5.74) is 0.946. The van der Waals surface area contributed by atoms with Gasteiger partial charge in [-0.3, -0.25) is 9.69 Å². The largest absolute Gasteiger partial charge is 0.388 e. The van der Waals surface area contributed by atoms with E-state index in [0.717, 1.165) is 31.5 Å². The highest BCUT2D eigenvalue weighted by Crippen LogP contribution is 2.30. The first-order chi connectivity index (χ1) is 12.7. The van der Waals surface area contributed by atoms with Crippen LogP contribution in [-0.4, -0.2) is 53.5 Å². The summed E-state index contributed by atoms with van der Waals surface area (Å²) >= 11 is 0. The number of nitrogens with zero attached hydrogens (tertiary/aromatic N) is 4. The third-order valence-electron chi connectivity index (χ3n) is 4.92.